The Morgan fingerprint density at radius 2 is 1.45 bits per heavy atom. The highest BCUT2D eigenvalue weighted by atomic mass is 35.5. The fourth-order valence-electron chi connectivity index (χ4n) is 2.54. The average Bonchev–Trinajstić information content (AvgIpc) is 2.49. The molecular formula is C18H14Cl2. The summed E-state index contributed by atoms with van der Waals surface area (Å²) in [7, 11) is 0. The molecule has 0 amide bonds. The van der Waals surface area contributed by atoms with Crippen LogP contribution in [0.2, 0.25) is 5.02 Å². The maximum atomic E-state index is 6.73. The molecule has 100 valence electrons. The van der Waals surface area contributed by atoms with E-state index in [0.29, 0.717) is 0 Å². The predicted octanol–water partition coefficient (Wildman–Crippen LogP) is 6.13. The van der Waals surface area contributed by atoms with Gasteiger partial charge in [0.25, 0.3) is 0 Å². The van der Waals surface area contributed by atoms with Gasteiger partial charge < -0.3 is 0 Å². The van der Waals surface area contributed by atoms with Crippen molar-refractivity contribution in [3.8, 4) is 0 Å². The predicted molar refractivity (Wildman–Crippen MR) is 87.8 cm³/mol. The van der Waals surface area contributed by atoms with Gasteiger partial charge >= 0.3 is 0 Å². The Hall–Kier alpha value is -1.50. The first-order chi connectivity index (χ1) is 9.68. The summed E-state index contributed by atoms with van der Waals surface area (Å²) in [4.78, 5) is 0. The zero-order chi connectivity index (χ0) is 14.1. The molecule has 0 aromatic heterocycles. The summed E-state index contributed by atoms with van der Waals surface area (Å²) in [6.07, 6.45) is 0. The molecule has 0 bridgehead atoms. The van der Waals surface area contributed by atoms with E-state index in [-0.39, 0.29) is 5.38 Å². The lowest BCUT2D eigenvalue weighted by Crippen LogP contribution is -1.97. The van der Waals surface area contributed by atoms with Gasteiger partial charge in [-0.3, -0.25) is 0 Å². The minimum atomic E-state index is -0.195. The van der Waals surface area contributed by atoms with Crippen LogP contribution >= 0.6 is 23.2 Å². The van der Waals surface area contributed by atoms with Gasteiger partial charge in [-0.1, -0.05) is 66.2 Å². The number of halogens is 2. The summed E-state index contributed by atoms with van der Waals surface area (Å²) in [5.41, 5.74) is 3.23. The first-order valence-corrected chi connectivity index (χ1v) is 7.36. The van der Waals surface area contributed by atoms with Gasteiger partial charge in [0, 0.05) is 5.02 Å². The van der Waals surface area contributed by atoms with Crippen LogP contribution in [0, 0.1) is 6.92 Å². The van der Waals surface area contributed by atoms with Gasteiger partial charge in [-0.25, -0.2) is 0 Å². The highest BCUT2D eigenvalue weighted by Crippen LogP contribution is 2.36. The van der Waals surface area contributed by atoms with E-state index in [1.165, 1.54) is 10.8 Å². The molecule has 0 aliphatic heterocycles. The van der Waals surface area contributed by atoms with E-state index in [9.17, 15) is 0 Å². The number of rotatable bonds is 2. The largest absolute Gasteiger partial charge is 0.113 e. The number of hydrogen-bond acceptors (Lipinski definition) is 0. The van der Waals surface area contributed by atoms with Crippen molar-refractivity contribution in [1.82, 2.24) is 0 Å². The van der Waals surface area contributed by atoms with Crippen molar-refractivity contribution in [3.63, 3.8) is 0 Å². The highest BCUT2D eigenvalue weighted by Gasteiger charge is 2.16. The summed E-state index contributed by atoms with van der Waals surface area (Å²) in [5.74, 6) is 0. The molecule has 0 saturated heterocycles. The van der Waals surface area contributed by atoms with Crippen molar-refractivity contribution in [2.75, 3.05) is 0 Å². The zero-order valence-electron chi connectivity index (χ0n) is 11.1. The molecule has 0 nitrogen and oxygen atoms in total. The molecule has 1 unspecified atom stereocenters. The summed E-state index contributed by atoms with van der Waals surface area (Å²) < 4.78 is 0. The lowest BCUT2D eigenvalue weighted by molar-refractivity contribution is 1.13. The van der Waals surface area contributed by atoms with Gasteiger partial charge in [0.05, 0.1) is 5.38 Å². The fraction of sp³-hybridized carbons (Fsp3) is 0.111. The molecule has 1 atom stereocenters. The number of fused-ring (bicyclic) bond motifs is 1. The van der Waals surface area contributed by atoms with Crippen molar-refractivity contribution in [3.05, 3.63) is 82.4 Å². The smallest absolute Gasteiger partial charge is 0.0844 e. The first-order valence-electron chi connectivity index (χ1n) is 6.55. The van der Waals surface area contributed by atoms with Crippen molar-refractivity contribution in [1.29, 1.82) is 0 Å². The molecule has 0 aliphatic rings. The second-order valence-electron chi connectivity index (χ2n) is 4.88. The molecule has 3 rings (SSSR count). The molecule has 0 fully saturated rings. The second kappa shape index (κ2) is 5.47. The fourth-order valence-corrected chi connectivity index (χ4v) is 3.15. The minimum absolute atomic E-state index is 0.195. The Kier molecular flexibility index (Phi) is 3.69. The summed E-state index contributed by atoms with van der Waals surface area (Å²) in [6.45, 7) is 2.01. The van der Waals surface area contributed by atoms with Crippen LogP contribution in [-0.4, -0.2) is 0 Å². The van der Waals surface area contributed by atoms with Crippen molar-refractivity contribution in [2.24, 2.45) is 0 Å². The molecule has 0 heterocycles. The molecular weight excluding hydrogens is 287 g/mol. The normalized spacial score (nSPS) is 12.6. The van der Waals surface area contributed by atoms with E-state index >= 15 is 0 Å². The third kappa shape index (κ3) is 2.30. The lowest BCUT2D eigenvalue weighted by atomic mass is 9.95. The molecule has 2 heteroatoms. The molecule has 3 aromatic carbocycles. The number of hydrogen-bond donors (Lipinski definition) is 0. The average molecular weight is 301 g/mol. The minimum Gasteiger partial charge on any atom is -0.113 e. The Bertz CT molecular complexity index is 757. The van der Waals surface area contributed by atoms with E-state index in [4.69, 9.17) is 23.2 Å². The van der Waals surface area contributed by atoms with Crippen LogP contribution in [0.15, 0.2) is 60.7 Å². The monoisotopic (exact) mass is 300 g/mol. The third-order valence-electron chi connectivity index (χ3n) is 3.68. The van der Waals surface area contributed by atoms with Crippen molar-refractivity contribution < 1.29 is 0 Å². The Labute approximate surface area is 129 Å². The Morgan fingerprint density at radius 1 is 0.800 bits per heavy atom. The maximum Gasteiger partial charge on any atom is 0.0844 e. The molecule has 0 aliphatic carbocycles. The quantitative estimate of drug-likeness (QED) is 0.499. The van der Waals surface area contributed by atoms with Gasteiger partial charge in [0.2, 0.25) is 0 Å². The summed E-state index contributed by atoms with van der Waals surface area (Å²) in [5, 5.41) is 2.96. The van der Waals surface area contributed by atoms with Gasteiger partial charge in [0.1, 0.15) is 0 Å². The number of benzene rings is 3. The molecule has 0 radical (unpaired) electrons. The SMILES string of the molecule is Cc1c(Cl)cccc1C(Cl)c1cccc2ccccc12. The maximum absolute atomic E-state index is 6.73. The van der Waals surface area contributed by atoms with E-state index in [1.807, 2.05) is 43.3 Å². The van der Waals surface area contributed by atoms with Crippen LogP contribution in [0.1, 0.15) is 22.1 Å². The standard InChI is InChI=1S/C18H14Cl2/c1-12-14(9-5-11-17(12)19)18(20)16-10-4-7-13-6-2-3-8-15(13)16/h2-11,18H,1H3. The van der Waals surface area contributed by atoms with E-state index < -0.39 is 0 Å². The van der Waals surface area contributed by atoms with E-state index in [2.05, 4.69) is 24.3 Å². The molecule has 20 heavy (non-hydrogen) atoms. The summed E-state index contributed by atoms with van der Waals surface area (Å²) in [6, 6.07) is 20.4. The lowest BCUT2D eigenvalue weighted by Gasteiger charge is -2.16. The topological polar surface area (TPSA) is 0 Å². The van der Waals surface area contributed by atoms with Crippen LogP contribution < -0.4 is 0 Å². The Balaban J connectivity index is 2.18. The number of alkyl halides is 1. The van der Waals surface area contributed by atoms with Crippen molar-refractivity contribution >= 4 is 34.0 Å². The Morgan fingerprint density at radius 3 is 2.30 bits per heavy atom. The first kappa shape index (κ1) is 13.5. The van der Waals surface area contributed by atoms with Crippen LogP contribution in [0.5, 0.6) is 0 Å². The van der Waals surface area contributed by atoms with Gasteiger partial charge in [-0.15, -0.1) is 11.6 Å². The van der Waals surface area contributed by atoms with E-state index in [0.717, 1.165) is 21.7 Å². The third-order valence-corrected chi connectivity index (χ3v) is 4.56. The van der Waals surface area contributed by atoms with Crippen LogP contribution in [0.4, 0.5) is 0 Å². The van der Waals surface area contributed by atoms with Crippen LogP contribution in [0.3, 0.4) is 0 Å². The van der Waals surface area contributed by atoms with Crippen LogP contribution in [0.25, 0.3) is 10.8 Å². The van der Waals surface area contributed by atoms with Gasteiger partial charge in [-0.05, 0) is 40.5 Å². The molecule has 0 N–H and O–H groups in total. The summed E-state index contributed by atoms with van der Waals surface area (Å²) >= 11 is 12.9. The second-order valence-corrected chi connectivity index (χ2v) is 5.73. The highest BCUT2D eigenvalue weighted by molar-refractivity contribution is 6.31. The van der Waals surface area contributed by atoms with Crippen LogP contribution in [-0.2, 0) is 0 Å². The molecule has 0 spiro atoms. The molecule has 3 aromatic rings. The molecule has 0 saturated carbocycles. The van der Waals surface area contributed by atoms with Crippen molar-refractivity contribution in [2.45, 2.75) is 12.3 Å². The van der Waals surface area contributed by atoms with Gasteiger partial charge in [0.15, 0.2) is 0 Å². The van der Waals surface area contributed by atoms with E-state index in [1.54, 1.807) is 0 Å². The zero-order valence-corrected chi connectivity index (χ0v) is 12.6. The van der Waals surface area contributed by atoms with Gasteiger partial charge in [-0.2, -0.15) is 0 Å².